The van der Waals surface area contributed by atoms with Gasteiger partial charge in [-0.1, -0.05) is 17.7 Å². The number of hydrogen-bond donors (Lipinski definition) is 0. The van der Waals surface area contributed by atoms with Gasteiger partial charge in [0.25, 0.3) is 17.5 Å². The highest BCUT2D eigenvalue weighted by atomic mass is 35.5. The van der Waals surface area contributed by atoms with Crippen LogP contribution in [0, 0.1) is 17.0 Å². The predicted octanol–water partition coefficient (Wildman–Crippen LogP) is 6.41. The number of hydrogen-bond acceptors (Lipinski definition) is 7. The third-order valence-corrected chi connectivity index (χ3v) is 8.07. The maximum atomic E-state index is 13.6. The number of halogens is 1. The van der Waals surface area contributed by atoms with Crippen molar-refractivity contribution in [3.05, 3.63) is 86.9 Å². The summed E-state index contributed by atoms with van der Waals surface area (Å²) in [4.78, 5) is 58.2. The van der Waals surface area contributed by atoms with Gasteiger partial charge in [0.2, 0.25) is 5.91 Å². The smallest absolute Gasteiger partial charge is 0.288 e. The van der Waals surface area contributed by atoms with Crippen LogP contribution in [0.5, 0.6) is 0 Å². The first-order chi connectivity index (χ1) is 18.8. The van der Waals surface area contributed by atoms with E-state index in [0.717, 1.165) is 37.3 Å². The summed E-state index contributed by atoms with van der Waals surface area (Å²) in [5, 5.41) is 12.1. The van der Waals surface area contributed by atoms with Crippen molar-refractivity contribution >= 4 is 62.3 Å². The summed E-state index contributed by atoms with van der Waals surface area (Å²) in [6.45, 7) is 7.25. The van der Waals surface area contributed by atoms with Gasteiger partial charge in [-0.05, 0) is 81.8 Å². The van der Waals surface area contributed by atoms with Gasteiger partial charge in [0.05, 0.1) is 27.2 Å². The maximum absolute atomic E-state index is 13.6. The molecule has 3 amide bonds. The summed E-state index contributed by atoms with van der Waals surface area (Å²) < 4.78 is 1.07. The van der Waals surface area contributed by atoms with Crippen molar-refractivity contribution in [2.75, 3.05) is 4.90 Å². The van der Waals surface area contributed by atoms with Crippen LogP contribution in [0.3, 0.4) is 0 Å². The molecule has 4 aromatic rings. The molecule has 1 unspecified atom stereocenters. The Kier molecular flexibility index (Phi) is 6.93. The molecule has 11 heteroatoms. The highest BCUT2D eigenvalue weighted by molar-refractivity contribution is 7.21. The highest BCUT2D eigenvalue weighted by Gasteiger charge is 2.48. The van der Waals surface area contributed by atoms with E-state index in [-0.39, 0.29) is 17.0 Å². The molecule has 0 spiro atoms. The molecular weight excluding hydrogens is 552 g/mol. The monoisotopic (exact) mass is 576 g/mol. The molecule has 0 N–H and O–H groups in total. The summed E-state index contributed by atoms with van der Waals surface area (Å²) in [7, 11) is 0. The zero-order valence-electron chi connectivity index (χ0n) is 22.2. The van der Waals surface area contributed by atoms with Crippen molar-refractivity contribution in [3.63, 3.8) is 0 Å². The van der Waals surface area contributed by atoms with Crippen LogP contribution in [0.1, 0.15) is 43.1 Å². The number of rotatable bonds is 5. The number of benzene rings is 3. The number of anilines is 1. The lowest BCUT2D eigenvalue weighted by Gasteiger charge is -2.39. The molecule has 1 atom stereocenters. The van der Waals surface area contributed by atoms with E-state index >= 15 is 0 Å². The van der Waals surface area contributed by atoms with Crippen LogP contribution in [0.25, 0.3) is 20.8 Å². The largest absolute Gasteiger partial charge is 0.321 e. The number of imide groups is 1. The van der Waals surface area contributed by atoms with E-state index in [9.17, 15) is 24.5 Å². The third-order valence-electron chi connectivity index (χ3n) is 6.68. The van der Waals surface area contributed by atoms with Crippen LogP contribution in [0.2, 0.25) is 5.02 Å². The van der Waals surface area contributed by atoms with E-state index in [2.05, 4.69) is 6.07 Å². The van der Waals surface area contributed by atoms with Gasteiger partial charge in [0.15, 0.2) is 0 Å². The fourth-order valence-corrected chi connectivity index (χ4v) is 6.09. The lowest BCUT2D eigenvalue weighted by Crippen LogP contribution is -2.54. The lowest BCUT2D eigenvalue weighted by atomic mass is 9.99. The number of amides is 3. The Morgan fingerprint density at radius 1 is 1.10 bits per heavy atom. The molecule has 40 heavy (non-hydrogen) atoms. The minimum absolute atomic E-state index is 0.0000976. The van der Waals surface area contributed by atoms with Gasteiger partial charge in [-0.3, -0.25) is 24.5 Å². The van der Waals surface area contributed by atoms with E-state index < -0.39 is 39.9 Å². The van der Waals surface area contributed by atoms with Crippen LogP contribution in [0.4, 0.5) is 11.4 Å². The number of fused-ring (bicyclic) bond motifs is 1. The van der Waals surface area contributed by atoms with Crippen molar-refractivity contribution in [1.29, 1.82) is 0 Å². The first-order valence-corrected chi connectivity index (χ1v) is 13.7. The zero-order valence-corrected chi connectivity index (χ0v) is 23.7. The van der Waals surface area contributed by atoms with E-state index in [1.165, 1.54) is 17.0 Å². The lowest BCUT2D eigenvalue weighted by molar-refractivity contribution is -0.384. The molecule has 1 fully saturated rings. The van der Waals surface area contributed by atoms with Crippen LogP contribution in [-0.4, -0.2) is 44.1 Å². The number of carbonyl (C=O) groups excluding carboxylic acids is 3. The first-order valence-electron chi connectivity index (χ1n) is 12.5. The molecule has 5 rings (SSSR count). The van der Waals surface area contributed by atoms with Crippen molar-refractivity contribution in [2.45, 2.75) is 45.7 Å². The van der Waals surface area contributed by atoms with Gasteiger partial charge in [0, 0.05) is 22.7 Å². The number of carbonyl (C=O) groups is 3. The Labute approximate surface area is 239 Å². The molecule has 204 valence electrons. The molecule has 3 aromatic carbocycles. The second-order valence-electron chi connectivity index (χ2n) is 10.6. The SMILES string of the molecule is Cc1ccc2nc(-c3ccc(N4C(=O)CC(N(C(=O)c5ccc(Cl)c([N+](=O)[O-])c5)C(C)(C)C)C4=O)cc3)sc2c1. The second-order valence-corrected chi connectivity index (χ2v) is 12.0. The fraction of sp³-hybridized carbons (Fsp3) is 0.241. The van der Waals surface area contributed by atoms with Gasteiger partial charge in [-0.25, -0.2) is 9.88 Å². The average Bonchev–Trinajstić information content (AvgIpc) is 3.43. The molecule has 0 aliphatic carbocycles. The minimum atomic E-state index is -1.08. The van der Waals surface area contributed by atoms with Crippen LogP contribution < -0.4 is 4.90 Å². The summed E-state index contributed by atoms with van der Waals surface area (Å²) >= 11 is 7.49. The number of aryl methyl sites for hydroxylation is 1. The van der Waals surface area contributed by atoms with E-state index in [1.807, 2.05) is 31.2 Å². The van der Waals surface area contributed by atoms with Crippen LogP contribution in [-0.2, 0) is 9.59 Å². The highest BCUT2D eigenvalue weighted by Crippen LogP contribution is 2.35. The number of nitrogens with zero attached hydrogens (tertiary/aromatic N) is 4. The second kappa shape index (κ2) is 10.1. The third kappa shape index (κ3) is 4.96. The number of aromatic nitrogens is 1. The van der Waals surface area contributed by atoms with Gasteiger partial charge in [-0.2, -0.15) is 0 Å². The van der Waals surface area contributed by atoms with Crippen molar-refractivity contribution in [1.82, 2.24) is 9.88 Å². The number of thiazole rings is 1. The molecule has 1 aliphatic heterocycles. The Balaban J connectivity index is 1.43. The summed E-state index contributed by atoms with van der Waals surface area (Å²) in [5.41, 5.74) is 2.00. The molecule has 1 aromatic heterocycles. The molecule has 9 nitrogen and oxygen atoms in total. The number of nitro groups is 1. The summed E-state index contributed by atoms with van der Waals surface area (Å²) in [6.07, 6.45) is -0.212. The van der Waals surface area contributed by atoms with Crippen molar-refractivity contribution < 1.29 is 19.3 Å². The van der Waals surface area contributed by atoms with Crippen molar-refractivity contribution in [3.8, 4) is 10.6 Å². The van der Waals surface area contributed by atoms with Crippen LogP contribution >= 0.6 is 22.9 Å². The van der Waals surface area contributed by atoms with E-state index in [4.69, 9.17) is 16.6 Å². The molecule has 0 saturated carbocycles. The minimum Gasteiger partial charge on any atom is -0.321 e. The van der Waals surface area contributed by atoms with Gasteiger partial charge < -0.3 is 4.90 Å². The normalized spacial score (nSPS) is 15.6. The summed E-state index contributed by atoms with van der Waals surface area (Å²) in [5.74, 6) is -1.59. The van der Waals surface area contributed by atoms with Gasteiger partial charge in [0.1, 0.15) is 16.1 Å². The Bertz CT molecular complexity index is 1690. The van der Waals surface area contributed by atoms with Crippen LogP contribution in [0.15, 0.2) is 60.7 Å². The summed E-state index contributed by atoms with van der Waals surface area (Å²) in [6, 6.07) is 15.7. The maximum Gasteiger partial charge on any atom is 0.288 e. The Morgan fingerprint density at radius 3 is 2.45 bits per heavy atom. The van der Waals surface area contributed by atoms with E-state index in [0.29, 0.717) is 5.69 Å². The quantitative estimate of drug-likeness (QED) is 0.154. The Morgan fingerprint density at radius 2 is 1.80 bits per heavy atom. The molecule has 2 heterocycles. The van der Waals surface area contributed by atoms with Gasteiger partial charge >= 0.3 is 0 Å². The molecule has 1 saturated heterocycles. The first kappa shape index (κ1) is 27.4. The van der Waals surface area contributed by atoms with Crippen molar-refractivity contribution in [2.24, 2.45) is 0 Å². The zero-order chi connectivity index (χ0) is 28.9. The van der Waals surface area contributed by atoms with E-state index in [1.54, 1.807) is 44.2 Å². The standard InChI is InChI=1S/C29H25ClN4O5S/c1-16-5-12-21-24(13-16)40-26(31-21)17-6-9-19(10-7-17)32-25(35)15-23(28(32)37)33(29(2,3)4)27(36)18-8-11-20(30)22(14-18)34(38)39/h5-14,23H,15H2,1-4H3. The van der Waals surface area contributed by atoms with Gasteiger partial charge in [-0.15, -0.1) is 11.3 Å². The predicted molar refractivity (Wildman–Crippen MR) is 155 cm³/mol. The molecule has 1 aliphatic rings. The molecular formula is C29H25ClN4O5S. The molecule has 0 bridgehead atoms. The Hall–Kier alpha value is -4.15. The fourth-order valence-electron chi connectivity index (χ4n) is 4.84. The topological polar surface area (TPSA) is 114 Å². The number of nitro benzene ring substituents is 1. The average molecular weight is 577 g/mol. The molecule has 0 radical (unpaired) electrons.